The zero-order valence-electron chi connectivity index (χ0n) is 38.4. The molecule has 1 heteroatoms. The van der Waals surface area contributed by atoms with Crippen molar-refractivity contribution in [1.82, 2.24) is 0 Å². The lowest BCUT2D eigenvalue weighted by atomic mass is 9.73. The molecule has 324 valence electrons. The van der Waals surface area contributed by atoms with Gasteiger partial charge in [-0.25, -0.2) is 0 Å². The fourth-order valence-electron chi connectivity index (χ4n) is 11.6. The summed E-state index contributed by atoms with van der Waals surface area (Å²) in [5.74, 6) is 0. The fraction of sp³-hybridized carbons (Fsp3) is 0.0294. The molecule has 0 radical (unpaired) electrons. The van der Waals surface area contributed by atoms with Crippen LogP contribution in [0.15, 0.2) is 267 Å². The van der Waals surface area contributed by atoms with Gasteiger partial charge in [-0.1, -0.05) is 237 Å². The second-order valence-corrected chi connectivity index (χ2v) is 18.5. The molecule has 1 aliphatic carbocycles. The Kier molecular flexibility index (Phi) is 9.70. The predicted molar refractivity (Wildman–Crippen MR) is 293 cm³/mol. The lowest BCUT2D eigenvalue weighted by Gasteiger charge is -2.35. The Bertz CT molecular complexity index is 3900. The van der Waals surface area contributed by atoms with E-state index in [1.807, 2.05) is 0 Å². The maximum absolute atomic E-state index is 2.55. The maximum Gasteiger partial charge on any atom is 0.0540 e. The van der Waals surface area contributed by atoms with Gasteiger partial charge in [-0.15, -0.1) is 0 Å². The largest absolute Gasteiger partial charge is 0.310 e. The van der Waals surface area contributed by atoms with Crippen molar-refractivity contribution in [3.63, 3.8) is 0 Å². The quantitative estimate of drug-likeness (QED) is 0.138. The summed E-state index contributed by atoms with van der Waals surface area (Å²) in [6.07, 6.45) is 0. The minimum absolute atomic E-state index is 0.438. The highest BCUT2D eigenvalue weighted by Crippen LogP contribution is 2.58. The van der Waals surface area contributed by atoms with Crippen molar-refractivity contribution in [3.05, 3.63) is 284 Å². The molecule has 0 aromatic heterocycles. The average Bonchev–Trinajstić information content (AvgIpc) is 3.70. The molecule has 69 heavy (non-hydrogen) atoms. The molecule has 1 unspecified atom stereocenters. The molecule has 1 aliphatic rings. The Hall–Kier alpha value is -8.78. The van der Waals surface area contributed by atoms with Crippen molar-refractivity contribution in [1.29, 1.82) is 0 Å². The van der Waals surface area contributed by atoms with E-state index in [0.29, 0.717) is 0 Å². The molecule has 12 aromatic rings. The van der Waals surface area contributed by atoms with Gasteiger partial charge in [0.05, 0.1) is 11.4 Å². The van der Waals surface area contributed by atoms with Gasteiger partial charge < -0.3 is 4.90 Å². The normalized spacial score (nSPS) is 13.9. The van der Waals surface area contributed by atoms with Crippen LogP contribution < -0.4 is 4.90 Å². The van der Waals surface area contributed by atoms with Crippen molar-refractivity contribution in [2.75, 3.05) is 4.90 Å². The third-order valence-corrected chi connectivity index (χ3v) is 14.7. The Labute approximate surface area is 403 Å². The predicted octanol–water partition coefficient (Wildman–Crippen LogP) is 18.6. The van der Waals surface area contributed by atoms with E-state index in [-0.39, 0.29) is 0 Å². The number of fused-ring (bicyclic) bond motifs is 7. The number of rotatable bonds is 8. The summed E-state index contributed by atoms with van der Waals surface area (Å²) in [6.45, 7) is 2.43. The molecule has 0 saturated carbocycles. The molecule has 12 aromatic carbocycles. The molecule has 0 amide bonds. The first-order valence-electron chi connectivity index (χ1n) is 24.0. The molecule has 1 nitrogen and oxygen atoms in total. The van der Waals surface area contributed by atoms with Crippen molar-refractivity contribution < 1.29 is 0 Å². The minimum Gasteiger partial charge on any atom is -0.310 e. The van der Waals surface area contributed by atoms with Crippen LogP contribution in [-0.4, -0.2) is 0 Å². The van der Waals surface area contributed by atoms with E-state index < -0.39 is 5.41 Å². The van der Waals surface area contributed by atoms with Crippen LogP contribution in [-0.2, 0) is 5.41 Å². The third kappa shape index (κ3) is 6.54. The highest BCUT2D eigenvalue weighted by Gasteiger charge is 2.43. The number of hydrogen-bond donors (Lipinski definition) is 0. The molecule has 0 heterocycles. The van der Waals surface area contributed by atoms with Crippen LogP contribution in [0.5, 0.6) is 0 Å². The third-order valence-electron chi connectivity index (χ3n) is 14.7. The monoisotopic (exact) mass is 877 g/mol. The molecule has 0 saturated heterocycles. The Balaban J connectivity index is 1.10. The van der Waals surface area contributed by atoms with Crippen molar-refractivity contribution in [3.8, 4) is 55.6 Å². The van der Waals surface area contributed by atoms with Gasteiger partial charge in [-0.05, 0) is 136 Å². The standard InChI is InChI=1S/C68H47N/c1-68(51-29-9-4-10-30-51)62-39-17-15-35-58(62)60-38-21-41-64(67(60)68)69(52-31-19-28-49(44-52)54-37-20-27-46-22-11-12-32-53(46)54)63-40-18-16-33-55(63)50-42-43-57-56-34-13-14-36-59(56)65(47-23-5-2-6-24-47)66(61(57)45-50)48-25-7-3-8-26-48/h2-45H,1H3. The van der Waals surface area contributed by atoms with E-state index in [1.165, 1.54) is 93.5 Å². The number of benzene rings is 12. The Morgan fingerprint density at radius 2 is 0.812 bits per heavy atom. The highest BCUT2D eigenvalue weighted by atomic mass is 15.1. The summed E-state index contributed by atoms with van der Waals surface area (Å²) < 4.78 is 0. The number of hydrogen-bond acceptors (Lipinski definition) is 1. The number of anilines is 3. The minimum atomic E-state index is -0.438. The van der Waals surface area contributed by atoms with Crippen LogP contribution >= 0.6 is 0 Å². The summed E-state index contributed by atoms with van der Waals surface area (Å²) >= 11 is 0. The van der Waals surface area contributed by atoms with Crippen molar-refractivity contribution in [2.45, 2.75) is 12.3 Å². The molecule has 0 spiro atoms. The van der Waals surface area contributed by atoms with E-state index in [4.69, 9.17) is 0 Å². The molecule has 1 atom stereocenters. The zero-order chi connectivity index (χ0) is 45.9. The van der Waals surface area contributed by atoms with Crippen molar-refractivity contribution in [2.24, 2.45) is 0 Å². The molecular weight excluding hydrogens is 831 g/mol. The number of nitrogens with zero attached hydrogens (tertiary/aromatic N) is 1. The van der Waals surface area contributed by atoms with Crippen LogP contribution in [0.1, 0.15) is 23.6 Å². The van der Waals surface area contributed by atoms with Crippen LogP contribution in [0.4, 0.5) is 17.1 Å². The molecule has 0 N–H and O–H groups in total. The fourth-order valence-corrected chi connectivity index (χ4v) is 11.6. The summed E-state index contributed by atoms with van der Waals surface area (Å²) in [5.41, 5.74) is 18.9. The van der Waals surface area contributed by atoms with Gasteiger partial charge in [-0.3, -0.25) is 0 Å². The van der Waals surface area contributed by atoms with Crippen LogP contribution in [0, 0.1) is 0 Å². The van der Waals surface area contributed by atoms with Gasteiger partial charge in [0.1, 0.15) is 0 Å². The van der Waals surface area contributed by atoms with Gasteiger partial charge in [0.2, 0.25) is 0 Å². The Morgan fingerprint density at radius 3 is 1.59 bits per heavy atom. The summed E-state index contributed by atoms with van der Waals surface area (Å²) in [7, 11) is 0. The lowest BCUT2D eigenvalue weighted by Crippen LogP contribution is -2.25. The Morgan fingerprint density at radius 1 is 0.304 bits per heavy atom. The smallest absolute Gasteiger partial charge is 0.0540 e. The van der Waals surface area contributed by atoms with Gasteiger partial charge in [-0.2, -0.15) is 0 Å². The zero-order valence-corrected chi connectivity index (χ0v) is 38.4. The van der Waals surface area contributed by atoms with E-state index >= 15 is 0 Å². The van der Waals surface area contributed by atoms with E-state index in [9.17, 15) is 0 Å². The van der Waals surface area contributed by atoms with Crippen LogP contribution in [0.25, 0.3) is 88.0 Å². The molecule has 0 fully saturated rings. The van der Waals surface area contributed by atoms with E-state index in [2.05, 4.69) is 279 Å². The molecular formula is C68H47N. The van der Waals surface area contributed by atoms with E-state index in [0.717, 1.165) is 28.2 Å². The van der Waals surface area contributed by atoms with Gasteiger partial charge in [0.25, 0.3) is 0 Å². The lowest BCUT2D eigenvalue weighted by molar-refractivity contribution is 0.714. The highest BCUT2D eigenvalue weighted by molar-refractivity contribution is 6.22. The maximum atomic E-state index is 2.55. The van der Waals surface area contributed by atoms with Gasteiger partial charge >= 0.3 is 0 Å². The van der Waals surface area contributed by atoms with Crippen LogP contribution in [0.3, 0.4) is 0 Å². The summed E-state index contributed by atoms with van der Waals surface area (Å²) in [6, 6.07) is 98.6. The SMILES string of the molecule is CC1(c2ccccc2)c2ccccc2-c2cccc(N(c3cccc(-c4cccc5ccccc45)c3)c3ccccc3-c3ccc4c(c3)c(-c3ccccc3)c(-c3ccccc3)c3ccccc34)c21. The second-order valence-electron chi connectivity index (χ2n) is 18.5. The summed E-state index contributed by atoms with van der Waals surface area (Å²) in [5, 5.41) is 7.43. The van der Waals surface area contributed by atoms with Crippen molar-refractivity contribution >= 4 is 49.4 Å². The first-order valence-corrected chi connectivity index (χ1v) is 24.0. The van der Waals surface area contributed by atoms with E-state index in [1.54, 1.807) is 0 Å². The number of para-hydroxylation sites is 1. The average molecular weight is 878 g/mol. The topological polar surface area (TPSA) is 3.24 Å². The first kappa shape index (κ1) is 40.5. The second kappa shape index (κ2) is 16.5. The molecule has 13 rings (SSSR count). The van der Waals surface area contributed by atoms with Crippen LogP contribution in [0.2, 0.25) is 0 Å². The first-order chi connectivity index (χ1) is 34.1. The summed E-state index contributed by atoms with van der Waals surface area (Å²) in [4.78, 5) is 2.55. The van der Waals surface area contributed by atoms with Gasteiger partial charge in [0, 0.05) is 16.7 Å². The molecule has 0 aliphatic heterocycles. The molecule has 0 bridgehead atoms. The van der Waals surface area contributed by atoms with Gasteiger partial charge in [0.15, 0.2) is 0 Å².